The maximum atomic E-state index is 12.6. The molecule has 2 aromatic rings. The molecule has 1 amide bonds. The van der Waals surface area contributed by atoms with Gasteiger partial charge in [0.1, 0.15) is 0 Å². The molecule has 1 N–H and O–H groups in total. The van der Waals surface area contributed by atoms with Crippen LogP contribution in [0.15, 0.2) is 29.4 Å². The van der Waals surface area contributed by atoms with Gasteiger partial charge in [-0.3, -0.25) is 4.79 Å². The highest BCUT2D eigenvalue weighted by molar-refractivity contribution is 7.99. The van der Waals surface area contributed by atoms with Crippen LogP contribution in [0.1, 0.15) is 11.4 Å². The molecule has 1 aromatic heterocycles. The highest BCUT2D eigenvalue weighted by Gasteiger charge is 2.37. The second kappa shape index (κ2) is 6.39. The molecule has 0 aliphatic carbocycles. The molecular formula is C13H13F3N4OS. The zero-order chi connectivity index (χ0) is 16.3. The molecule has 118 valence electrons. The topological polar surface area (TPSA) is 59.8 Å². The van der Waals surface area contributed by atoms with Crippen molar-refractivity contribution in [2.45, 2.75) is 18.3 Å². The summed E-state index contributed by atoms with van der Waals surface area (Å²) in [5.41, 5.74) is 1.63. The van der Waals surface area contributed by atoms with Gasteiger partial charge in [-0.25, -0.2) is 0 Å². The van der Waals surface area contributed by atoms with Crippen molar-refractivity contribution in [2.24, 2.45) is 7.05 Å². The van der Waals surface area contributed by atoms with Crippen LogP contribution in [0.25, 0.3) is 0 Å². The van der Waals surface area contributed by atoms with Gasteiger partial charge in [-0.15, -0.1) is 10.2 Å². The van der Waals surface area contributed by atoms with E-state index < -0.39 is 12.0 Å². The number of hydrogen-bond acceptors (Lipinski definition) is 4. The molecule has 5 nitrogen and oxygen atoms in total. The number of hydrogen-bond donors (Lipinski definition) is 1. The number of benzene rings is 1. The Morgan fingerprint density at radius 2 is 2.09 bits per heavy atom. The first-order valence-electron chi connectivity index (χ1n) is 6.23. The number of aromatic nitrogens is 3. The van der Waals surface area contributed by atoms with Crippen molar-refractivity contribution in [3.63, 3.8) is 0 Å². The van der Waals surface area contributed by atoms with Gasteiger partial charge in [-0.2, -0.15) is 13.2 Å². The average Bonchev–Trinajstić information content (AvgIpc) is 2.77. The van der Waals surface area contributed by atoms with Crippen LogP contribution in [0, 0.1) is 6.92 Å². The number of nitrogens with one attached hydrogen (secondary N) is 1. The molecule has 0 bridgehead atoms. The Bertz CT molecular complexity index is 684. The smallest absolute Gasteiger partial charge is 0.325 e. The van der Waals surface area contributed by atoms with Crippen molar-refractivity contribution in [3.05, 3.63) is 35.7 Å². The summed E-state index contributed by atoms with van der Waals surface area (Å²) in [5, 5.41) is 9.25. The van der Waals surface area contributed by atoms with Gasteiger partial charge >= 0.3 is 6.18 Å². The number of halogens is 3. The Labute approximate surface area is 128 Å². The fourth-order valence-corrected chi connectivity index (χ4v) is 2.45. The van der Waals surface area contributed by atoms with Crippen LogP contribution in [0.2, 0.25) is 0 Å². The summed E-state index contributed by atoms with van der Waals surface area (Å²) in [6, 6.07) is 7.23. The molecule has 1 aromatic carbocycles. The van der Waals surface area contributed by atoms with E-state index in [2.05, 4.69) is 15.5 Å². The minimum Gasteiger partial charge on any atom is -0.325 e. The third-order valence-corrected chi connectivity index (χ3v) is 3.74. The number of thioether (sulfide) groups is 1. The van der Waals surface area contributed by atoms with Gasteiger partial charge in [0.25, 0.3) is 0 Å². The number of carbonyl (C=O) groups is 1. The van der Waals surface area contributed by atoms with E-state index in [1.807, 2.05) is 13.0 Å². The molecule has 0 aliphatic heterocycles. The normalized spacial score (nSPS) is 11.5. The SMILES string of the molecule is Cc1cccc(NC(=O)CSc2nnc(C(F)(F)F)n2C)c1. The molecule has 0 radical (unpaired) electrons. The minimum absolute atomic E-state index is 0.0340. The number of carbonyl (C=O) groups excluding carboxylic acids is 1. The molecule has 9 heteroatoms. The zero-order valence-electron chi connectivity index (χ0n) is 11.8. The molecule has 0 unspecified atom stereocenters. The van der Waals surface area contributed by atoms with Crippen LogP contribution in [-0.2, 0) is 18.0 Å². The first-order chi connectivity index (χ1) is 10.3. The summed E-state index contributed by atoms with van der Waals surface area (Å²) in [6.45, 7) is 1.89. The monoisotopic (exact) mass is 330 g/mol. The molecule has 0 spiro atoms. The molecular weight excluding hydrogens is 317 g/mol. The van der Waals surface area contributed by atoms with Crippen molar-refractivity contribution in [3.8, 4) is 0 Å². The highest BCUT2D eigenvalue weighted by Crippen LogP contribution is 2.29. The van der Waals surface area contributed by atoms with Gasteiger partial charge in [0.15, 0.2) is 5.16 Å². The molecule has 0 saturated carbocycles. The van der Waals surface area contributed by atoms with E-state index in [1.165, 1.54) is 7.05 Å². The van der Waals surface area contributed by atoms with Gasteiger partial charge < -0.3 is 9.88 Å². The lowest BCUT2D eigenvalue weighted by Crippen LogP contribution is -2.15. The molecule has 22 heavy (non-hydrogen) atoms. The van der Waals surface area contributed by atoms with E-state index in [-0.39, 0.29) is 16.8 Å². The van der Waals surface area contributed by atoms with Gasteiger partial charge in [0.05, 0.1) is 5.75 Å². The van der Waals surface area contributed by atoms with Crippen LogP contribution in [-0.4, -0.2) is 26.4 Å². The summed E-state index contributed by atoms with van der Waals surface area (Å²) < 4.78 is 38.5. The van der Waals surface area contributed by atoms with Gasteiger partial charge in [0, 0.05) is 12.7 Å². The Kier molecular flexibility index (Phi) is 4.74. The number of aryl methyl sites for hydroxylation is 1. The fraction of sp³-hybridized carbons (Fsp3) is 0.308. The van der Waals surface area contributed by atoms with Gasteiger partial charge in [-0.1, -0.05) is 23.9 Å². The lowest BCUT2D eigenvalue weighted by atomic mass is 10.2. The van der Waals surface area contributed by atoms with E-state index >= 15 is 0 Å². The summed E-state index contributed by atoms with van der Waals surface area (Å²) in [4.78, 5) is 11.8. The maximum Gasteiger partial charge on any atom is 0.451 e. The Balaban J connectivity index is 1.96. The summed E-state index contributed by atoms with van der Waals surface area (Å²) in [5.74, 6) is -1.47. The van der Waals surface area contributed by atoms with Crippen molar-refractivity contribution in [1.29, 1.82) is 0 Å². The number of rotatable bonds is 4. The molecule has 0 fully saturated rings. The van der Waals surface area contributed by atoms with Crippen molar-refractivity contribution in [1.82, 2.24) is 14.8 Å². The van der Waals surface area contributed by atoms with Crippen LogP contribution in [0.3, 0.4) is 0 Å². The van der Waals surface area contributed by atoms with E-state index in [1.54, 1.807) is 18.2 Å². The van der Waals surface area contributed by atoms with Crippen LogP contribution in [0.4, 0.5) is 18.9 Å². The van der Waals surface area contributed by atoms with Crippen molar-refractivity contribution < 1.29 is 18.0 Å². The largest absolute Gasteiger partial charge is 0.451 e. The first-order valence-corrected chi connectivity index (χ1v) is 7.22. The second-order valence-electron chi connectivity index (χ2n) is 4.57. The number of alkyl halides is 3. The highest BCUT2D eigenvalue weighted by atomic mass is 32.2. The minimum atomic E-state index is -4.57. The van der Waals surface area contributed by atoms with E-state index in [0.29, 0.717) is 5.69 Å². The Morgan fingerprint density at radius 1 is 1.36 bits per heavy atom. The lowest BCUT2D eigenvalue weighted by molar-refractivity contribution is -0.147. The fourth-order valence-electron chi connectivity index (χ4n) is 1.74. The van der Waals surface area contributed by atoms with E-state index in [4.69, 9.17) is 0 Å². The maximum absolute atomic E-state index is 12.6. The molecule has 0 atom stereocenters. The molecule has 2 rings (SSSR count). The predicted molar refractivity (Wildman–Crippen MR) is 76.5 cm³/mol. The third-order valence-electron chi connectivity index (χ3n) is 2.72. The Morgan fingerprint density at radius 3 is 2.68 bits per heavy atom. The average molecular weight is 330 g/mol. The standard InChI is InChI=1S/C13H13F3N4OS/c1-8-4-3-5-9(6-8)17-10(21)7-22-12-19-18-11(20(12)2)13(14,15)16/h3-6H,7H2,1-2H3,(H,17,21). The number of anilines is 1. The molecule has 1 heterocycles. The van der Waals surface area contributed by atoms with Crippen molar-refractivity contribution in [2.75, 3.05) is 11.1 Å². The van der Waals surface area contributed by atoms with Crippen LogP contribution >= 0.6 is 11.8 Å². The van der Waals surface area contributed by atoms with Crippen LogP contribution < -0.4 is 5.32 Å². The first kappa shape index (κ1) is 16.3. The third kappa shape index (κ3) is 4.00. The van der Waals surface area contributed by atoms with Crippen LogP contribution in [0.5, 0.6) is 0 Å². The second-order valence-corrected chi connectivity index (χ2v) is 5.51. The summed E-state index contributed by atoms with van der Waals surface area (Å²) in [7, 11) is 1.21. The number of amides is 1. The summed E-state index contributed by atoms with van der Waals surface area (Å²) >= 11 is 0.893. The van der Waals surface area contributed by atoms with E-state index in [0.717, 1.165) is 21.9 Å². The van der Waals surface area contributed by atoms with Crippen molar-refractivity contribution >= 4 is 23.4 Å². The number of nitrogens with zero attached hydrogens (tertiary/aromatic N) is 3. The zero-order valence-corrected chi connectivity index (χ0v) is 12.6. The Hall–Kier alpha value is -2.03. The molecule has 0 aliphatic rings. The lowest BCUT2D eigenvalue weighted by Gasteiger charge is -2.07. The summed E-state index contributed by atoms with van der Waals surface area (Å²) in [6.07, 6.45) is -4.57. The van der Waals surface area contributed by atoms with Gasteiger partial charge in [-0.05, 0) is 24.6 Å². The predicted octanol–water partition coefficient (Wildman–Crippen LogP) is 2.87. The molecule has 0 saturated heterocycles. The quantitative estimate of drug-likeness (QED) is 0.876. The van der Waals surface area contributed by atoms with E-state index in [9.17, 15) is 18.0 Å². The van der Waals surface area contributed by atoms with Gasteiger partial charge in [0.2, 0.25) is 11.7 Å².